The second-order valence-electron chi connectivity index (χ2n) is 5.23. The van der Waals surface area contributed by atoms with Crippen LogP contribution < -0.4 is 9.47 Å². The van der Waals surface area contributed by atoms with Crippen LogP contribution in [-0.4, -0.2) is 22.8 Å². The minimum Gasteiger partial charge on any atom is -0.465 e. The minimum absolute atomic E-state index is 0.00935. The summed E-state index contributed by atoms with van der Waals surface area (Å²) < 4.78 is 10.9. The molecule has 0 aliphatic carbocycles. The van der Waals surface area contributed by atoms with Gasteiger partial charge in [-0.1, -0.05) is 43.3 Å². The van der Waals surface area contributed by atoms with Gasteiger partial charge < -0.3 is 19.7 Å². The lowest BCUT2D eigenvalue weighted by Crippen LogP contribution is -2.14. The molecule has 0 saturated carbocycles. The molecule has 2 unspecified atom stereocenters. The Balaban J connectivity index is 2.38. The number of hydrogen-bond acceptors (Lipinski definition) is 4. The highest BCUT2D eigenvalue weighted by atomic mass is 16.6. The fourth-order valence-electron chi connectivity index (χ4n) is 2.43. The maximum absolute atomic E-state index is 9.48. The van der Waals surface area contributed by atoms with E-state index < -0.39 is 12.6 Å². The van der Waals surface area contributed by atoms with E-state index in [1.165, 1.54) is 0 Å². The van der Waals surface area contributed by atoms with Gasteiger partial charge in [-0.2, -0.15) is 0 Å². The van der Waals surface area contributed by atoms with Crippen molar-refractivity contribution in [3.05, 3.63) is 59.7 Å². The average Bonchev–Trinajstić information content (AvgIpc) is 2.46. The van der Waals surface area contributed by atoms with Crippen LogP contribution in [0.2, 0.25) is 0 Å². The normalized spacial score (nSPS) is 15.0. The SMILES string of the molecule is CC(O)Oc1ccccc1C(C)c1ccccc1OC(C)O. The van der Waals surface area contributed by atoms with E-state index in [2.05, 4.69) is 0 Å². The lowest BCUT2D eigenvalue weighted by molar-refractivity contribution is -0.00156. The van der Waals surface area contributed by atoms with Crippen molar-refractivity contribution >= 4 is 0 Å². The van der Waals surface area contributed by atoms with Gasteiger partial charge in [0.25, 0.3) is 0 Å². The topological polar surface area (TPSA) is 58.9 Å². The molecule has 2 rings (SSSR count). The highest BCUT2D eigenvalue weighted by molar-refractivity contribution is 5.46. The van der Waals surface area contributed by atoms with Gasteiger partial charge in [0.1, 0.15) is 11.5 Å². The number of para-hydroxylation sites is 2. The Labute approximate surface area is 130 Å². The quantitative estimate of drug-likeness (QED) is 0.804. The molecule has 4 heteroatoms. The van der Waals surface area contributed by atoms with Crippen molar-refractivity contribution in [2.75, 3.05) is 0 Å². The number of benzene rings is 2. The number of aliphatic hydroxyl groups is 2. The molecule has 0 radical (unpaired) electrons. The lowest BCUT2D eigenvalue weighted by Gasteiger charge is -2.21. The van der Waals surface area contributed by atoms with Gasteiger partial charge in [0, 0.05) is 17.0 Å². The number of aliphatic hydroxyl groups excluding tert-OH is 2. The van der Waals surface area contributed by atoms with Crippen molar-refractivity contribution in [2.45, 2.75) is 39.3 Å². The Kier molecular flexibility index (Phi) is 5.41. The summed E-state index contributed by atoms with van der Waals surface area (Å²) in [5, 5.41) is 19.0. The van der Waals surface area contributed by atoms with E-state index >= 15 is 0 Å². The molecule has 0 saturated heterocycles. The van der Waals surface area contributed by atoms with Gasteiger partial charge in [-0.3, -0.25) is 0 Å². The Bertz CT molecular complexity index is 554. The van der Waals surface area contributed by atoms with E-state index in [0.29, 0.717) is 11.5 Å². The fraction of sp³-hybridized carbons (Fsp3) is 0.333. The molecule has 0 bridgehead atoms. The van der Waals surface area contributed by atoms with Crippen LogP contribution in [0.25, 0.3) is 0 Å². The number of ether oxygens (including phenoxy) is 2. The summed E-state index contributed by atoms with van der Waals surface area (Å²) in [6, 6.07) is 15.2. The Morgan fingerprint density at radius 1 is 0.682 bits per heavy atom. The van der Waals surface area contributed by atoms with Crippen molar-refractivity contribution in [2.24, 2.45) is 0 Å². The predicted octanol–water partition coefficient (Wildman–Crippen LogP) is 3.27. The molecule has 2 aromatic carbocycles. The van der Waals surface area contributed by atoms with E-state index in [-0.39, 0.29) is 5.92 Å². The van der Waals surface area contributed by atoms with Gasteiger partial charge in [-0.15, -0.1) is 0 Å². The van der Waals surface area contributed by atoms with Crippen LogP contribution in [0.1, 0.15) is 37.8 Å². The van der Waals surface area contributed by atoms with Gasteiger partial charge in [-0.05, 0) is 26.0 Å². The van der Waals surface area contributed by atoms with Gasteiger partial charge in [0.2, 0.25) is 0 Å². The van der Waals surface area contributed by atoms with E-state index in [0.717, 1.165) is 11.1 Å². The first-order valence-electron chi connectivity index (χ1n) is 7.36. The Morgan fingerprint density at radius 2 is 1.05 bits per heavy atom. The molecule has 22 heavy (non-hydrogen) atoms. The predicted molar refractivity (Wildman–Crippen MR) is 85.0 cm³/mol. The summed E-state index contributed by atoms with van der Waals surface area (Å²) in [4.78, 5) is 0. The van der Waals surface area contributed by atoms with E-state index in [1.807, 2.05) is 55.5 Å². The zero-order valence-corrected chi connectivity index (χ0v) is 13.1. The molecule has 4 nitrogen and oxygen atoms in total. The van der Waals surface area contributed by atoms with E-state index in [9.17, 15) is 10.2 Å². The van der Waals surface area contributed by atoms with Gasteiger partial charge in [0.15, 0.2) is 12.6 Å². The van der Waals surface area contributed by atoms with Gasteiger partial charge in [-0.25, -0.2) is 0 Å². The molecule has 0 heterocycles. The van der Waals surface area contributed by atoms with E-state index in [1.54, 1.807) is 13.8 Å². The second kappa shape index (κ2) is 7.29. The molecule has 0 aliphatic heterocycles. The molecule has 2 atom stereocenters. The molecule has 0 aliphatic rings. The summed E-state index contributed by atoms with van der Waals surface area (Å²) in [6.45, 7) is 5.19. The third-order valence-electron chi connectivity index (χ3n) is 3.37. The lowest BCUT2D eigenvalue weighted by atomic mass is 9.91. The van der Waals surface area contributed by atoms with Crippen molar-refractivity contribution in [1.82, 2.24) is 0 Å². The summed E-state index contributed by atoms with van der Waals surface area (Å²) >= 11 is 0. The maximum atomic E-state index is 9.48. The summed E-state index contributed by atoms with van der Waals surface area (Å²) in [5.74, 6) is 1.26. The first-order chi connectivity index (χ1) is 10.5. The molecule has 2 N–H and O–H groups in total. The van der Waals surface area contributed by atoms with Crippen LogP contribution >= 0.6 is 0 Å². The van der Waals surface area contributed by atoms with Crippen LogP contribution in [-0.2, 0) is 0 Å². The zero-order chi connectivity index (χ0) is 16.1. The molecule has 0 amide bonds. The number of hydrogen-bond donors (Lipinski definition) is 2. The van der Waals surface area contributed by atoms with Crippen molar-refractivity contribution < 1.29 is 19.7 Å². The van der Waals surface area contributed by atoms with Crippen LogP contribution in [0.5, 0.6) is 11.5 Å². The smallest absolute Gasteiger partial charge is 0.194 e. The molecule has 0 fully saturated rings. The van der Waals surface area contributed by atoms with Crippen molar-refractivity contribution in [1.29, 1.82) is 0 Å². The highest BCUT2D eigenvalue weighted by Gasteiger charge is 2.18. The minimum atomic E-state index is -0.877. The summed E-state index contributed by atoms with van der Waals surface area (Å²) in [5.41, 5.74) is 1.90. The Morgan fingerprint density at radius 3 is 1.41 bits per heavy atom. The third kappa shape index (κ3) is 4.00. The van der Waals surface area contributed by atoms with E-state index in [4.69, 9.17) is 9.47 Å². The fourth-order valence-corrected chi connectivity index (χ4v) is 2.43. The van der Waals surface area contributed by atoms with Crippen LogP contribution in [0, 0.1) is 0 Å². The summed E-state index contributed by atoms with van der Waals surface area (Å²) in [6.07, 6.45) is -1.75. The van der Waals surface area contributed by atoms with Crippen LogP contribution in [0.15, 0.2) is 48.5 Å². The molecule has 118 valence electrons. The van der Waals surface area contributed by atoms with Gasteiger partial charge in [0.05, 0.1) is 0 Å². The van der Waals surface area contributed by atoms with Crippen LogP contribution in [0.4, 0.5) is 0 Å². The average molecular weight is 302 g/mol. The van der Waals surface area contributed by atoms with Crippen molar-refractivity contribution in [3.63, 3.8) is 0 Å². The molecular formula is C18H22O4. The molecule has 0 spiro atoms. The monoisotopic (exact) mass is 302 g/mol. The molecule has 0 aromatic heterocycles. The Hall–Kier alpha value is -2.04. The van der Waals surface area contributed by atoms with Crippen molar-refractivity contribution in [3.8, 4) is 11.5 Å². The first-order valence-corrected chi connectivity index (χ1v) is 7.36. The standard InChI is InChI=1S/C18H22O4/c1-12(15-8-4-6-10-17(15)21-13(2)19)16-9-5-7-11-18(16)22-14(3)20/h4-14,19-20H,1-3H3. The van der Waals surface area contributed by atoms with Gasteiger partial charge >= 0.3 is 0 Å². The maximum Gasteiger partial charge on any atom is 0.194 e. The second-order valence-corrected chi connectivity index (χ2v) is 5.23. The third-order valence-corrected chi connectivity index (χ3v) is 3.37. The van der Waals surface area contributed by atoms with Crippen LogP contribution in [0.3, 0.4) is 0 Å². The number of rotatable bonds is 6. The highest BCUT2D eigenvalue weighted by Crippen LogP contribution is 2.36. The molecular weight excluding hydrogens is 280 g/mol. The zero-order valence-electron chi connectivity index (χ0n) is 13.1. The first kappa shape index (κ1) is 16.3. The largest absolute Gasteiger partial charge is 0.465 e. The summed E-state index contributed by atoms with van der Waals surface area (Å²) in [7, 11) is 0. The molecule has 2 aromatic rings.